The number of aromatic nitrogens is 2. The SMILES string of the molecule is CC.Cc1c(/N=C(/Oc2cccc(C(F)(F)F)c2)C2CCC2C)n(C)c(=O)n(C)c1=O. The first-order chi connectivity index (χ1) is 14.5. The van der Waals surface area contributed by atoms with E-state index in [1.54, 1.807) is 6.92 Å². The maximum absolute atomic E-state index is 13.0. The third-order valence-corrected chi connectivity index (χ3v) is 5.39. The highest BCUT2D eigenvalue weighted by molar-refractivity contribution is 5.84. The van der Waals surface area contributed by atoms with E-state index in [-0.39, 0.29) is 34.9 Å². The number of aliphatic imine (C=N–C) groups is 1. The fourth-order valence-corrected chi connectivity index (χ4v) is 3.34. The van der Waals surface area contributed by atoms with Gasteiger partial charge in [-0.05, 0) is 43.9 Å². The maximum Gasteiger partial charge on any atom is 0.416 e. The summed E-state index contributed by atoms with van der Waals surface area (Å²) in [6, 6.07) is 4.56. The Balaban J connectivity index is 0.00000166. The highest BCUT2D eigenvalue weighted by Gasteiger charge is 2.35. The van der Waals surface area contributed by atoms with Crippen molar-refractivity contribution in [1.82, 2.24) is 9.13 Å². The van der Waals surface area contributed by atoms with Crippen LogP contribution in [0, 0.1) is 18.8 Å². The van der Waals surface area contributed by atoms with Crippen LogP contribution in [0.3, 0.4) is 0 Å². The predicted octanol–water partition coefficient (Wildman–Crippen LogP) is 4.59. The number of hydrogen-bond donors (Lipinski definition) is 0. The normalized spacial score (nSPS) is 18.7. The smallest absolute Gasteiger partial charge is 0.416 e. The number of nitrogens with zero attached hydrogens (tertiary/aromatic N) is 3. The monoisotopic (exact) mass is 439 g/mol. The van der Waals surface area contributed by atoms with Gasteiger partial charge >= 0.3 is 11.9 Å². The van der Waals surface area contributed by atoms with Crippen molar-refractivity contribution in [2.45, 2.75) is 46.7 Å². The molecule has 0 spiro atoms. The summed E-state index contributed by atoms with van der Waals surface area (Å²) in [5.74, 6) is 0.462. The second kappa shape index (κ2) is 9.53. The van der Waals surface area contributed by atoms with Gasteiger partial charge in [0.05, 0.1) is 11.1 Å². The summed E-state index contributed by atoms with van der Waals surface area (Å²) in [4.78, 5) is 29.0. The van der Waals surface area contributed by atoms with Crippen LogP contribution in [0.15, 0.2) is 38.8 Å². The zero-order valence-electron chi connectivity index (χ0n) is 18.6. The fraction of sp³-hybridized carbons (Fsp3) is 0.500. The first-order valence-electron chi connectivity index (χ1n) is 10.2. The summed E-state index contributed by atoms with van der Waals surface area (Å²) in [6.07, 6.45) is -2.80. The zero-order valence-corrected chi connectivity index (χ0v) is 18.6. The van der Waals surface area contributed by atoms with E-state index in [0.29, 0.717) is 0 Å². The van der Waals surface area contributed by atoms with Crippen LogP contribution >= 0.6 is 0 Å². The molecule has 1 aromatic heterocycles. The summed E-state index contributed by atoms with van der Waals surface area (Å²) in [5, 5.41) is 0. The Hall–Kier alpha value is -2.84. The van der Waals surface area contributed by atoms with Crippen LogP contribution in [0.1, 0.15) is 44.7 Å². The largest absolute Gasteiger partial charge is 0.443 e. The lowest BCUT2D eigenvalue weighted by atomic mass is 9.75. The molecule has 1 aliphatic rings. The lowest BCUT2D eigenvalue weighted by Gasteiger charge is -2.34. The van der Waals surface area contributed by atoms with Crippen molar-refractivity contribution in [1.29, 1.82) is 0 Å². The molecule has 2 atom stereocenters. The standard InChI is InChI=1S/C20H22F3N3O3.C2H6/c1-11-8-9-15(11)17(29-14-7-5-6-13(10-14)20(21,22)23)24-16-12(2)18(27)26(4)19(28)25(16)3;1-2/h5-7,10-11,15H,8-9H2,1-4H3;1-2H3/b24-17+;. The van der Waals surface area contributed by atoms with Gasteiger partial charge in [-0.25, -0.2) is 4.79 Å². The molecule has 31 heavy (non-hydrogen) atoms. The van der Waals surface area contributed by atoms with Crippen LogP contribution in [-0.4, -0.2) is 15.0 Å². The molecular weight excluding hydrogens is 411 g/mol. The van der Waals surface area contributed by atoms with Gasteiger partial charge in [-0.2, -0.15) is 18.2 Å². The average Bonchev–Trinajstić information content (AvgIpc) is 2.73. The lowest BCUT2D eigenvalue weighted by molar-refractivity contribution is -0.137. The molecule has 170 valence electrons. The average molecular weight is 439 g/mol. The Labute approximate surface area is 179 Å². The number of halogens is 3. The van der Waals surface area contributed by atoms with Crippen molar-refractivity contribution in [3.05, 3.63) is 56.2 Å². The van der Waals surface area contributed by atoms with Gasteiger partial charge in [0, 0.05) is 20.0 Å². The molecule has 1 fully saturated rings. The summed E-state index contributed by atoms with van der Waals surface area (Å²) in [7, 11) is 2.86. The fourth-order valence-electron chi connectivity index (χ4n) is 3.34. The van der Waals surface area contributed by atoms with E-state index in [1.165, 1.54) is 30.8 Å². The van der Waals surface area contributed by atoms with E-state index < -0.39 is 23.0 Å². The molecule has 9 heteroatoms. The van der Waals surface area contributed by atoms with Gasteiger partial charge in [0.15, 0.2) is 5.90 Å². The Kier molecular flexibility index (Phi) is 7.51. The molecule has 1 aliphatic carbocycles. The van der Waals surface area contributed by atoms with Gasteiger partial charge in [-0.3, -0.25) is 13.9 Å². The number of hydrogen-bond acceptors (Lipinski definition) is 4. The molecule has 0 aliphatic heterocycles. The minimum absolute atomic E-state index is 0.00385. The first-order valence-corrected chi connectivity index (χ1v) is 10.2. The van der Waals surface area contributed by atoms with Crippen molar-refractivity contribution in [2.75, 3.05) is 0 Å². The van der Waals surface area contributed by atoms with E-state index in [4.69, 9.17) is 4.74 Å². The molecule has 1 aromatic carbocycles. The molecular formula is C22H28F3N3O3. The van der Waals surface area contributed by atoms with Gasteiger partial charge in [-0.1, -0.05) is 26.8 Å². The lowest BCUT2D eigenvalue weighted by Crippen LogP contribution is -2.39. The minimum Gasteiger partial charge on any atom is -0.443 e. The summed E-state index contributed by atoms with van der Waals surface area (Å²) < 4.78 is 47.1. The van der Waals surface area contributed by atoms with Crippen molar-refractivity contribution >= 4 is 11.7 Å². The van der Waals surface area contributed by atoms with E-state index in [0.717, 1.165) is 29.5 Å². The molecule has 1 saturated carbocycles. The van der Waals surface area contributed by atoms with Crippen molar-refractivity contribution in [2.24, 2.45) is 30.9 Å². The van der Waals surface area contributed by atoms with E-state index in [9.17, 15) is 22.8 Å². The third kappa shape index (κ3) is 5.08. The minimum atomic E-state index is -4.49. The Morgan fingerprint density at radius 2 is 1.77 bits per heavy atom. The summed E-state index contributed by atoms with van der Waals surface area (Å²) in [5.41, 5.74) is -1.59. The number of alkyl halides is 3. The highest BCUT2D eigenvalue weighted by Crippen LogP contribution is 2.37. The summed E-state index contributed by atoms with van der Waals surface area (Å²) >= 11 is 0. The second-order valence-electron chi connectivity index (χ2n) is 7.39. The van der Waals surface area contributed by atoms with Gasteiger partial charge in [0.2, 0.25) is 0 Å². The molecule has 2 aromatic rings. The number of benzene rings is 1. The Morgan fingerprint density at radius 3 is 2.29 bits per heavy atom. The quantitative estimate of drug-likeness (QED) is 0.519. The van der Waals surface area contributed by atoms with Crippen molar-refractivity contribution in [3.8, 4) is 5.75 Å². The zero-order chi connectivity index (χ0) is 23.5. The molecule has 2 unspecified atom stereocenters. The molecule has 3 rings (SSSR count). The van der Waals surface area contributed by atoms with Crippen LogP contribution in [0.25, 0.3) is 0 Å². The molecule has 6 nitrogen and oxygen atoms in total. The van der Waals surface area contributed by atoms with Crippen molar-refractivity contribution in [3.63, 3.8) is 0 Å². The second-order valence-corrected chi connectivity index (χ2v) is 7.39. The molecule has 0 saturated heterocycles. The predicted molar refractivity (Wildman–Crippen MR) is 114 cm³/mol. The number of ether oxygens (including phenoxy) is 1. The van der Waals surface area contributed by atoms with Crippen LogP contribution in [0.4, 0.5) is 19.0 Å². The van der Waals surface area contributed by atoms with Crippen LogP contribution in [-0.2, 0) is 20.3 Å². The van der Waals surface area contributed by atoms with Crippen LogP contribution in [0.5, 0.6) is 5.75 Å². The van der Waals surface area contributed by atoms with Crippen molar-refractivity contribution < 1.29 is 17.9 Å². The Morgan fingerprint density at radius 1 is 1.13 bits per heavy atom. The van der Waals surface area contributed by atoms with E-state index >= 15 is 0 Å². The maximum atomic E-state index is 13.0. The van der Waals surface area contributed by atoms with Gasteiger partial charge < -0.3 is 4.74 Å². The highest BCUT2D eigenvalue weighted by atomic mass is 19.4. The molecule has 0 N–H and O–H groups in total. The third-order valence-electron chi connectivity index (χ3n) is 5.39. The van der Waals surface area contributed by atoms with Crippen LogP contribution in [0.2, 0.25) is 0 Å². The molecule has 0 radical (unpaired) electrons. The topological polar surface area (TPSA) is 65.6 Å². The first kappa shape index (κ1) is 24.4. The van der Waals surface area contributed by atoms with E-state index in [2.05, 4.69) is 4.99 Å². The molecule has 0 bridgehead atoms. The van der Waals surface area contributed by atoms with Crippen LogP contribution < -0.4 is 16.0 Å². The van der Waals surface area contributed by atoms with Gasteiger partial charge in [-0.15, -0.1) is 0 Å². The van der Waals surface area contributed by atoms with Gasteiger partial charge in [0.25, 0.3) is 5.56 Å². The summed E-state index contributed by atoms with van der Waals surface area (Å²) in [6.45, 7) is 7.54. The Bertz CT molecular complexity index is 1050. The molecule has 0 amide bonds. The molecule has 1 heterocycles. The number of rotatable bonds is 3. The van der Waals surface area contributed by atoms with E-state index in [1.807, 2.05) is 20.8 Å². The van der Waals surface area contributed by atoms with Gasteiger partial charge in [0.1, 0.15) is 11.6 Å².